The number of aryl methyl sites for hydroxylation is 1. The van der Waals surface area contributed by atoms with Gasteiger partial charge in [0.1, 0.15) is 5.69 Å². The zero-order chi connectivity index (χ0) is 12.3. The largest absolute Gasteiger partial charge is 0.345 e. The fourth-order valence-corrected chi connectivity index (χ4v) is 1.58. The highest BCUT2D eigenvalue weighted by Gasteiger charge is 2.07. The lowest BCUT2D eigenvalue weighted by atomic mass is 10.3. The van der Waals surface area contributed by atoms with Crippen molar-refractivity contribution in [1.82, 2.24) is 20.1 Å². The van der Waals surface area contributed by atoms with Gasteiger partial charge in [0.2, 0.25) is 0 Å². The molecule has 88 valence electrons. The van der Waals surface area contributed by atoms with Crippen molar-refractivity contribution >= 4 is 21.8 Å². The number of amides is 1. The molecule has 0 atom stereocenters. The molecule has 1 N–H and O–H groups in total. The Morgan fingerprint density at radius 2 is 2.29 bits per heavy atom. The van der Waals surface area contributed by atoms with Crippen LogP contribution >= 0.6 is 15.9 Å². The Morgan fingerprint density at radius 1 is 1.47 bits per heavy atom. The minimum absolute atomic E-state index is 0.196. The Bertz CT molecular complexity index is 521. The van der Waals surface area contributed by atoms with E-state index in [4.69, 9.17) is 0 Å². The van der Waals surface area contributed by atoms with Gasteiger partial charge in [-0.1, -0.05) is 0 Å². The summed E-state index contributed by atoms with van der Waals surface area (Å²) in [6.07, 6.45) is 3.29. The molecule has 0 spiro atoms. The number of aromatic nitrogens is 3. The second kappa shape index (κ2) is 5.09. The first kappa shape index (κ1) is 11.8. The van der Waals surface area contributed by atoms with Gasteiger partial charge in [-0.25, -0.2) is 4.98 Å². The van der Waals surface area contributed by atoms with E-state index in [1.54, 1.807) is 29.2 Å². The van der Waals surface area contributed by atoms with E-state index in [1.165, 1.54) is 0 Å². The molecule has 0 fully saturated rings. The van der Waals surface area contributed by atoms with E-state index >= 15 is 0 Å². The molecular weight excluding hydrogens is 284 g/mol. The van der Waals surface area contributed by atoms with Gasteiger partial charge in [0.25, 0.3) is 5.91 Å². The summed E-state index contributed by atoms with van der Waals surface area (Å²) in [5, 5.41) is 6.81. The highest BCUT2D eigenvalue weighted by atomic mass is 79.9. The second-order valence-corrected chi connectivity index (χ2v) is 4.41. The predicted molar refractivity (Wildman–Crippen MR) is 66.3 cm³/mol. The molecule has 0 saturated carbocycles. The average molecular weight is 295 g/mol. The fraction of sp³-hybridized carbons (Fsp3) is 0.182. The van der Waals surface area contributed by atoms with Crippen molar-refractivity contribution in [3.05, 3.63) is 46.5 Å². The molecule has 0 unspecified atom stereocenters. The van der Waals surface area contributed by atoms with E-state index in [9.17, 15) is 4.79 Å². The molecule has 2 aromatic rings. The third-order valence-electron chi connectivity index (χ3n) is 2.31. The minimum Gasteiger partial charge on any atom is -0.345 e. The number of carbonyl (C=O) groups is 1. The summed E-state index contributed by atoms with van der Waals surface area (Å²) in [7, 11) is 1.83. The summed E-state index contributed by atoms with van der Waals surface area (Å²) in [6, 6.07) is 5.31. The lowest BCUT2D eigenvalue weighted by Gasteiger charge is -2.04. The number of halogens is 1. The molecule has 6 heteroatoms. The SMILES string of the molecule is Cn1nccc1CNC(=O)c1ccc(Br)cn1. The molecule has 2 aromatic heterocycles. The van der Waals surface area contributed by atoms with Gasteiger partial charge in [-0.2, -0.15) is 5.10 Å². The van der Waals surface area contributed by atoms with Gasteiger partial charge >= 0.3 is 0 Å². The number of nitrogens with zero attached hydrogens (tertiary/aromatic N) is 3. The standard InChI is InChI=1S/C11H11BrN4O/c1-16-9(4-5-15-16)7-14-11(17)10-3-2-8(12)6-13-10/h2-6H,7H2,1H3,(H,14,17). The maximum Gasteiger partial charge on any atom is 0.270 e. The van der Waals surface area contributed by atoms with E-state index in [0.29, 0.717) is 12.2 Å². The molecule has 0 aliphatic carbocycles. The van der Waals surface area contributed by atoms with Crippen molar-refractivity contribution in [3.63, 3.8) is 0 Å². The first-order valence-electron chi connectivity index (χ1n) is 5.03. The highest BCUT2D eigenvalue weighted by molar-refractivity contribution is 9.10. The number of hydrogen-bond acceptors (Lipinski definition) is 3. The zero-order valence-electron chi connectivity index (χ0n) is 9.22. The lowest BCUT2D eigenvalue weighted by molar-refractivity contribution is 0.0945. The van der Waals surface area contributed by atoms with Gasteiger partial charge in [-0.05, 0) is 34.1 Å². The fourth-order valence-electron chi connectivity index (χ4n) is 1.35. The summed E-state index contributed by atoms with van der Waals surface area (Å²) in [6.45, 7) is 0.438. The Morgan fingerprint density at radius 3 is 2.88 bits per heavy atom. The summed E-state index contributed by atoms with van der Waals surface area (Å²) < 4.78 is 2.57. The third-order valence-corrected chi connectivity index (χ3v) is 2.78. The molecule has 0 bridgehead atoms. The number of pyridine rings is 1. The summed E-state index contributed by atoms with van der Waals surface area (Å²) in [4.78, 5) is 15.8. The van der Waals surface area contributed by atoms with Gasteiger partial charge in [-0.3, -0.25) is 9.48 Å². The van der Waals surface area contributed by atoms with Crippen LogP contribution in [0.15, 0.2) is 35.1 Å². The Balaban J connectivity index is 1.98. The van der Waals surface area contributed by atoms with Gasteiger partial charge in [0, 0.05) is 23.9 Å². The van der Waals surface area contributed by atoms with Crippen LogP contribution in [0.4, 0.5) is 0 Å². The topological polar surface area (TPSA) is 59.8 Å². The van der Waals surface area contributed by atoms with Crippen LogP contribution in [0.25, 0.3) is 0 Å². The van der Waals surface area contributed by atoms with Crippen molar-refractivity contribution in [2.45, 2.75) is 6.54 Å². The Kier molecular flexibility index (Phi) is 3.53. The monoisotopic (exact) mass is 294 g/mol. The molecule has 0 aliphatic rings. The first-order valence-corrected chi connectivity index (χ1v) is 5.83. The molecule has 5 nitrogen and oxygen atoms in total. The number of hydrogen-bond donors (Lipinski definition) is 1. The zero-order valence-corrected chi connectivity index (χ0v) is 10.8. The van der Waals surface area contributed by atoms with Crippen LogP contribution in [0, 0.1) is 0 Å². The Labute approximate surface area is 107 Å². The van der Waals surface area contributed by atoms with Crippen LogP contribution in [0.5, 0.6) is 0 Å². The van der Waals surface area contributed by atoms with E-state index in [1.807, 2.05) is 13.1 Å². The van der Waals surface area contributed by atoms with Crippen molar-refractivity contribution in [2.24, 2.45) is 7.05 Å². The summed E-state index contributed by atoms with van der Waals surface area (Å²) in [5.74, 6) is -0.196. The molecule has 17 heavy (non-hydrogen) atoms. The van der Waals surface area contributed by atoms with E-state index in [0.717, 1.165) is 10.2 Å². The van der Waals surface area contributed by atoms with Crippen LogP contribution in [-0.2, 0) is 13.6 Å². The predicted octanol–water partition coefficient (Wildman–Crippen LogP) is 1.51. The molecule has 0 aromatic carbocycles. The van der Waals surface area contributed by atoms with Crippen molar-refractivity contribution in [3.8, 4) is 0 Å². The molecule has 0 aliphatic heterocycles. The second-order valence-electron chi connectivity index (χ2n) is 3.49. The van der Waals surface area contributed by atoms with Crippen LogP contribution in [-0.4, -0.2) is 20.7 Å². The first-order chi connectivity index (χ1) is 8.16. The molecule has 1 amide bonds. The summed E-state index contributed by atoms with van der Waals surface area (Å²) >= 11 is 3.27. The molecule has 2 heterocycles. The van der Waals surface area contributed by atoms with Crippen LogP contribution in [0.1, 0.15) is 16.2 Å². The van der Waals surface area contributed by atoms with Crippen LogP contribution in [0.2, 0.25) is 0 Å². The van der Waals surface area contributed by atoms with Crippen molar-refractivity contribution < 1.29 is 4.79 Å². The van der Waals surface area contributed by atoms with Gasteiger partial charge in [0.05, 0.1) is 12.2 Å². The summed E-state index contributed by atoms with van der Waals surface area (Å²) in [5.41, 5.74) is 1.34. The average Bonchev–Trinajstić information content (AvgIpc) is 2.73. The number of carbonyl (C=O) groups excluding carboxylic acids is 1. The number of nitrogens with one attached hydrogen (secondary N) is 1. The lowest BCUT2D eigenvalue weighted by Crippen LogP contribution is -2.24. The normalized spacial score (nSPS) is 10.2. The molecular formula is C11H11BrN4O. The molecule has 0 saturated heterocycles. The van der Waals surface area contributed by atoms with E-state index < -0.39 is 0 Å². The Hall–Kier alpha value is -1.69. The minimum atomic E-state index is -0.196. The van der Waals surface area contributed by atoms with Gasteiger partial charge < -0.3 is 5.32 Å². The molecule has 0 radical (unpaired) electrons. The van der Waals surface area contributed by atoms with Gasteiger partial charge in [-0.15, -0.1) is 0 Å². The van der Waals surface area contributed by atoms with Crippen LogP contribution < -0.4 is 5.32 Å². The quantitative estimate of drug-likeness (QED) is 0.933. The van der Waals surface area contributed by atoms with E-state index in [-0.39, 0.29) is 5.91 Å². The maximum absolute atomic E-state index is 11.7. The van der Waals surface area contributed by atoms with Crippen molar-refractivity contribution in [1.29, 1.82) is 0 Å². The van der Waals surface area contributed by atoms with E-state index in [2.05, 4.69) is 31.3 Å². The third kappa shape index (κ3) is 2.91. The van der Waals surface area contributed by atoms with Crippen LogP contribution in [0.3, 0.4) is 0 Å². The smallest absolute Gasteiger partial charge is 0.270 e. The maximum atomic E-state index is 11.7. The van der Waals surface area contributed by atoms with Crippen molar-refractivity contribution in [2.75, 3.05) is 0 Å². The highest BCUT2D eigenvalue weighted by Crippen LogP contribution is 2.07. The number of rotatable bonds is 3. The molecule has 2 rings (SSSR count). The van der Waals surface area contributed by atoms with Gasteiger partial charge in [0.15, 0.2) is 0 Å².